The van der Waals surface area contributed by atoms with Crippen molar-refractivity contribution in [2.24, 2.45) is 11.8 Å². The molecule has 0 aromatic heterocycles. The van der Waals surface area contributed by atoms with Gasteiger partial charge in [0.1, 0.15) is 6.54 Å². The summed E-state index contributed by atoms with van der Waals surface area (Å²) in [6, 6.07) is 0. The summed E-state index contributed by atoms with van der Waals surface area (Å²) in [5.74, 6) is -3.48. The Hall–Kier alpha value is -1.27. The van der Waals surface area contributed by atoms with Crippen LogP contribution in [-0.2, 0) is 9.59 Å². The largest absolute Gasteiger partial charge is 0.481 e. The van der Waals surface area contributed by atoms with Gasteiger partial charge in [-0.15, -0.1) is 0 Å². The van der Waals surface area contributed by atoms with Crippen molar-refractivity contribution in [1.82, 2.24) is 4.90 Å². The molecule has 7 heteroatoms. The molecule has 2 atom stereocenters. The van der Waals surface area contributed by atoms with Crippen molar-refractivity contribution in [1.29, 1.82) is 0 Å². The van der Waals surface area contributed by atoms with Gasteiger partial charge in [-0.25, -0.2) is 0 Å². The van der Waals surface area contributed by atoms with Gasteiger partial charge < -0.3 is 10.0 Å². The van der Waals surface area contributed by atoms with Gasteiger partial charge in [-0.3, -0.25) is 9.59 Å². The van der Waals surface area contributed by atoms with Crippen LogP contribution >= 0.6 is 0 Å². The van der Waals surface area contributed by atoms with Crippen LogP contribution in [-0.4, -0.2) is 41.7 Å². The number of carbonyl (C=O) groups excluding carboxylic acids is 1. The van der Waals surface area contributed by atoms with Gasteiger partial charge in [0.05, 0.1) is 11.8 Å². The maximum absolute atomic E-state index is 11.9. The number of halogens is 3. The number of alkyl halides is 3. The topological polar surface area (TPSA) is 57.6 Å². The lowest BCUT2D eigenvalue weighted by atomic mass is 10.3. The van der Waals surface area contributed by atoms with E-state index >= 15 is 0 Å². The molecule has 1 saturated carbocycles. The van der Waals surface area contributed by atoms with Gasteiger partial charge in [0, 0.05) is 7.05 Å². The lowest BCUT2D eigenvalue weighted by Crippen LogP contribution is -2.37. The normalized spacial score (nSPS) is 24.8. The zero-order valence-corrected chi connectivity index (χ0v) is 7.91. The Morgan fingerprint density at radius 1 is 1.40 bits per heavy atom. The van der Waals surface area contributed by atoms with E-state index < -0.39 is 36.4 Å². The van der Waals surface area contributed by atoms with Crippen molar-refractivity contribution < 1.29 is 27.9 Å². The highest BCUT2D eigenvalue weighted by Crippen LogP contribution is 2.40. The summed E-state index contributed by atoms with van der Waals surface area (Å²) < 4.78 is 35.7. The number of carboxylic acids is 1. The molecule has 0 aromatic carbocycles. The third kappa shape index (κ3) is 3.10. The number of nitrogens with zero attached hydrogens (tertiary/aromatic N) is 1. The van der Waals surface area contributed by atoms with Crippen molar-refractivity contribution >= 4 is 11.9 Å². The second-order valence-electron chi connectivity index (χ2n) is 3.60. The zero-order chi connectivity index (χ0) is 11.8. The predicted octanol–water partition coefficient (Wildman–Crippen LogP) is 0.728. The van der Waals surface area contributed by atoms with Crippen LogP contribution in [0.4, 0.5) is 13.2 Å². The van der Waals surface area contributed by atoms with E-state index in [0.29, 0.717) is 4.90 Å². The Balaban J connectivity index is 2.46. The summed E-state index contributed by atoms with van der Waals surface area (Å²) in [5.41, 5.74) is 0. The van der Waals surface area contributed by atoms with E-state index in [-0.39, 0.29) is 6.42 Å². The third-order valence-electron chi connectivity index (χ3n) is 2.22. The number of hydrogen-bond acceptors (Lipinski definition) is 2. The molecular weight excluding hydrogens is 215 g/mol. The van der Waals surface area contributed by atoms with Gasteiger partial charge in [-0.2, -0.15) is 13.2 Å². The number of rotatable bonds is 3. The lowest BCUT2D eigenvalue weighted by molar-refractivity contribution is -0.159. The molecule has 0 spiro atoms. The van der Waals surface area contributed by atoms with Gasteiger partial charge in [0.25, 0.3) is 0 Å². The van der Waals surface area contributed by atoms with Crippen LogP contribution in [0, 0.1) is 11.8 Å². The van der Waals surface area contributed by atoms with E-state index in [2.05, 4.69) is 0 Å². The molecule has 1 amide bonds. The highest BCUT2D eigenvalue weighted by molar-refractivity contribution is 5.89. The molecule has 1 fully saturated rings. The van der Waals surface area contributed by atoms with Crippen molar-refractivity contribution in [3.8, 4) is 0 Å². The average molecular weight is 225 g/mol. The number of hydrogen-bond donors (Lipinski definition) is 1. The minimum Gasteiger partial charge on any atom is -0.481 e. The predicted molar refractivity (Wildman–Crippen MR) is 42.9 cm³/mol. The van der Waals surface area contributed by atoms with Crippen LogP contribution in [0.5, 0.6) is 0 Å². The Labute approximate surface area is 83.7 Å². The first-order valence-electron chi connectivity index (χ1n) is 4.27. The molecule has 0 radical (unpaired) electrons. The minimum absolute atomic E-state index is 0.135. The molecule has 0 aromatic rings. The Bertz CT molecular complexity index is 289. The Kier molecular flexibility index (Phi) is 2.92. The second-order valence-corrected chi connectivity index (χ2v) is 3.60. The van der Waals surface area contributed by atoms with Gasteiger partial charge in [-0.1, -0.05) is 0 Å². The van der Waals surface area contributed by atoms with E-state index in [1.165, 1.54) is 0 Å². The number of aliphatic carboxylic acids is 1. The SMILES string of the molecule is CN(CC(F)(F)F)C(=O)C1CC1C(=O)O. The van der Waals surface area contributed by atoms with Crippen LogP contribution < -0.4 is 0 Å². The smallest absolute Gasteiger partial charge is 0.406 e. The van der Waals surface area contributed by atoms with E-state index in [4.69, 9.17) is 5.11 Å². The highest BCUT2D eigenvalue weighted by atomic mass is 19.4. The molecule has 1 aliphatic carbocycles. The molecule has 0 heterocycles. The zero-order valence-electron chi connectivity index (χ0n) is 7.91. The minimum atomic E-state index is -4.45. The summed E-state index contributed by atoms with van der Waals surface area (Å²) in [7, 11) is 1.02. The fourth-order valence-electron chi connectivity index (χ4n) is 1.37. The maximum atomic E-state index is 11.9. The molecule has 2 unspecified atom stereocenters. The Morgan fingerprint density at radius 3 is 2.27 bits per heavy atom. The van der Waals surface area contributed by atoms with Crippen LogP contribution in [0.3, 0.4) is 0 Å². The molecule has 1 N–H and O–H groups in total. The van der Waals surface area contributed by atoms with E-state index in [1.807, 2.05) is 0 Å². The lowest BCUT2D eigenvalue weighted by Gasteiger charge is -2.18. The summed E-state index contributed by atoms with van der Waals surface area (Å²) in [4.78, 5) is 22.2. The van der Waals surface area contributed by atoms with Gasteiger partial charge in [-0.05, 0) is 6.42 Å². The van der Waals surface area contributed by atoms with Crippen molar-refractivity contribution in [3.05, 3.63) is 0 Å². The maximum Gasteiger partial charge on any atom is 0.406 e. The van der Waals surface area contributed by atoms with Gasteiger partial charge in [0.2, 0.25) is 5.91 Å². The van der Waals surface area contributed by atoms with Crippen LogP contribution in [0.1, 0.15) is 6.42 Å². The van der Waals surface area contributed by atoms with Crippen molar-refractivity contribution in [2.45, 2.75) is 12.6 Å². The van der Waals surface area contributed by atoms with E-state index in [0.717, 1.165) is 7.05 Å². The summed E-state index contributed by atoms with van der Waals surface area (Å²) in [6.07, 6.45) is -4.31. The van der Waals surface area contributed by atoms with Gasteiger partial charge >= 0.3 is 12.1 Å². The molecular formula is C8H10F3NO3. The Morgan fingerprint density at radius 2 is 1.93 bits per heavy atom. The summed E-state index contributed by atoms with van der Waals surface area (Å²) in [5, 5.41) is 8.49. The summed E-state index contributed by atoms with van der Waals surface area (Å²) >= 11 is 0. The molecule has 0 saturated heterocycles. The second kappa shape index (κ2) is 3.71. The first kappa shape index (κ1) is 11.8. The van der Waals surface area contributed by atoms with Gasteiger partial charge in [0.15, 0.2) is 0 Å². The third-order valence-corrected chi connectivity index (χ3v) is 2.22. The van der Waals surface area contributed by atoms with E-state index in [1.54, 1.807) is 0 Å². The first-order valence-corrected chi connectivity index (χ1v) is 4.27. The highest BCUT2D eigenvalue weighted by Gasteiger charge is 2.50. The molecule has 1 aliphatic rings. The average Bonchev–Trinajstić information content (AvgIpc) is 2.77. The van der Waals surface area contributed by atoms with Crippen LogP contribution in [0.2, 0.25) is 0 Å². The van der Waals surface area contributed by atoms with E-state index in [9.17, 15) is 22.8 Å². The quantitative estimate of drug-likeness (QED) is 0.770. The van der Waals surface area contributed by atoms with Crippen molar-refractivity contribution in [3.63, 3.8) is 0 Å². The summed E-state index contributed by atoms with van der Waals surface area (Å²) in [6.45, 7) is -1.34. The number of carboxylic acid groups (broad SMARTS) is 1. The standard InChI is InChI=1S/C8H10F3NO3/c1-12(3-8(9,10)11)6(13)4-2-5(4)7(14)15/h4-5H,2-3H2,1H3,(H,14,15). The first-order chi connectivity index (χ1) is 6.72. The van der Waals surface area contributed by atoms with Crippen molar-refractivity contribution in [2.75, 3.05) is 13.6 Å². The molecule has 86 valence electrons. The fraction of sp³-hybridized carbons (Fsp3) is 0.750. The molecule has 0 aliphatic heterocycles. The van der Waals surface area contributed by atoms with Crippen LogP contribution in [0.15, 0.2) is 0 Å². The number of carbonyl (C=O) groups is 2. The molecule has 0 bridgehead atoms. The molecule has 15 heavy (non-hydrogen) atoms. The monoisotopic (exact) mass is 225 g/mol. The fourth-order valence-corrected chi connectivity index (χ4v) is 1.37. The molecule has 4 nitrogen and oxygen atoms in total. The van der Waals surface area contributed by atoms with Crippen LogP contribution in [0.25, 0.3) is 0 Å². The number of amides is 1. The molecule has 1 rings (SSSR count).